The third-order valence-electron chi connectivity index (χ3n) is 5.89. The van der Waals surface area contributed by atoms with Crippen LogP contribution in [0.5, 0.6) is 0 Å². The van der Waals surface area contributed by atoms with Crippen molar-refractivity contribution in [1.29, 1.82) is 0 Å². The van der Waals surface area contributed by atoms with E-state index in [1.807, 2.05) is 19.3 Å². The molecule has 3 aromatic rings. The van der Waals surface area contributed by atoms with Crippen molar-refractivity contribution in [3.05, 3.63) is 54.0 Å². The number of rotatable bonds is 7. The summed E-state index contributed by atoms with van der Waals surface area (Å²) in [5, 5.41) is 4.47. The molecule has 1 aliphatic heterocycles. The Morgan fingerprint density at radius 3 is 2.39 bits per heavy atom. The average molecular weight is 568 g/mol. The normalized spacial score (nSPS) is 16.2. The monoisotopic (exact) mass is 568 g/mol. The number of halogens is 3. The molecule has 0 spiro atoms. The van der Waals surface area contributed by atoms with E-state index in [0.717, 1.165) is 48.8 Å². The fourth-order valence-electron chi connectivity index (χ4n) is 4.14. The number of anilines is 2. The molecule has 2 aromatic heterocycles. The lowest BCUT2D eigenvalue weighted by molar-refractivity contribution is 0.127. The van der Waals surface area contributed by atoms with Crippen LogP contribution in [0.1, 0.15) is 17.2 Å². The van der Waals surface area contributed by atoms with Gasteiger partial charge in [-0.05, 0) is 32.4 Å². The number of nitrogen functional groups attached to an aromatic ring is 1. The molecule has 4 rings (SSSR count). The van der Waals surface area contributed by atoms with Crippen molar-refractivity contribution < 1.29 is 8.78 Å². The predicted octanol–water partition coefficient (Wildman–Crippen LogP) is 2.73. The van der Waals surface area contributed by atoms with Crippen LogP contribution >= 0.6 is 20.7 Å². The Hall–Kier alpha value is -2.51. The SMILES string of the molecule is C=IC(F)(F)c1ccc(C(CN)N2CCN(c3ncnc(N)c3-c3ccn(C)n3)CC2)cc1. The van der Waals surface area contributed by atoms with Gasteiger partial charge in [-0.3, -0.25) is 9.58 Å². The molecule has 4 N–H and O–H groups in total. The van der Waals surface area contributed by atoms with E-state index in [9.17, 15) is 8.78 Å². The van der Waals surface area contributed by atoms with Crippen LogP contribution in [0.15, 0.2) is 42.9 Å². The first kappa shape index (κ1) is 23.6. The number of nitrogens with zero attached hydrogens (tertiary/aromatic N) is 6. The maximum absolute atomic E-state index is 14.0. The first-order valence-electron chi connectivity index (χ1n) is 10.5. The first-order valence-corrected chi connectivity index (χ1v) is 13.1. The summed E-state index contributed by atoms with van der Waals surface area (Å²) in [6.07, 6.45) is 3.33. The zero-order valence-corrected chi connectivity index (χ0v) is 20.5. The van der Waals surface area contributed by atoms with Crippen molar-refractivity contribution in [3.63, 3.8) is 0 Å². The van der Waals surface area contributed by atoms with E-state index in [0.29, 0.717) is 12.4 Å². The van der Waals surface area contributed by atoms with Gasteiger partial charge in [-0.2, -0.15) is 13.9 Å². The van der Waals surface area contributed by atoms with Gasteiger partial charge < -0.3 is 16.4 Å². The number of alkyl halides is 3. The van der Waals surface area contributed by atoms with Crippen molar-refractivity contribution in [3.8, 4) is 11.3 Å². The van der Waals surface area contributed by atoms with Gasteiger partial charge >= 0.3 is 3.93 Å². The van der Waals surface area contributed by atoms with Gasteiger partial charge in [0, 0.05) is 57.6 Å². The minimum absolute atomic E-state index is 0.0260. The molecule has 3 heterocycles. The van der Waals surface area contributed by atoms with Crippen LogP contribution in [0.2, 0.25) is 0 Å². The summed E-state index contributed by atoms with van der Waals surface area (Å²) in [6, 6.07) is 8.37. The summed E-state index contributed by atoms with van der Waals surface area (Å²) in [6.45, 7) is 3.33. The van der Waals surface area contributed by atoms with E-state index in [-0.39, 0.29) is 11.6 Å². The fraction of sp³-hybridized carbons (Fsp3) is 0.364. The van der Waals surface area contributed by atoms with Crippen LogP contribution in [0.25, 0.3) is 11.3 Å². The Morgan fingerprint density at radius 1 is 1.12 bits per heavy atom. The minimum Gasteiger partial charge on any atom is -0.383 e. The third kappa shape index (κ3) is 4.89. The standard InChI is InChI=1S/C22H27F2IN8/c1-25-22(23,24)16-5-3-15(4-6-16)18(13-26)32-9-11-33(12-10-32)21-19(20(27)28-14-29-21)17-7-8-31(2)30-17/h3-8,14,18H,1,9-13,26H2,2H3,(H2,27,28,29). The molecule has 0 radical (unpaired) electrons. The smallest absolute Gasteiger partial charge is 0.316 e. The fourth-order valence-corrected chi connectivity index (χ4v) is 4.94. The van der Waals surface area contributed by atoms with Crippen molar-refractivity contribution in [2.24, 2.45) is 12.8 Å². The highest BCUT2D eigenvalue weighted by Gasteiger charge is 2.30. The number of hydrogen-bond acceptors (Lipinski definition) is 7. The summed E-state index contributed by atoms with van der Waals surface area (Å²) >= 11 is -1.46. The van der Waals surface area contributed by atoms with Gasteiger partial charge in [0.15, 0.2) is 0 Å². The Balaban J connectivity index is 1.50. The molecule has 0 bridgehead atoms. The zero-order chi connectivity index (χ0) is 23.6. The molecule has 8 nitrogen and oxygen atoms in total. The molecule has 1 unspecified atom stereocenters. The third-order valence-corrected chi connectivity index (χ3v) is 7.48. The topological polar surface area (TPSA) is 102 Å². The van der Waals surface area contributed by atoms with E-state index >= 15 is 0 Å². The van der Waals surface area contributed by atoms with Crippen molar-refractivity contribution >= 4 is 36.9 Å². The second kappa shape index (κ2) is 9.77. The number of aryl methyl sites for hydroxylation is 1. The number of piperazine rings is 1. The number of benzene rings is 1. The second-order valence-corrected chi connectivity index (χ2v) is 9.98. The molecule has 0 aliphatic carbocycles. The highest BCUT2D eigenvalue weighted by Crippen LogP contribution is 2.39. The van der Waals surface area contributed by atoms with Crippen LogP contribution in [0.4, 0.5) is 20.4 Å². The molecular weight excluding hydrogens is 541 g/mol. The van der Waals surface area contributed by atoms with Crippen LogP contribution < -0.4 is 16.4 Å². The van der Waals surface area contributed by atoms with E-state index in [1.54, 1.807) is 16.8 Å². The summed E-state index contributed by atoms with van der Waals surface area (Å²) < 4.78 is 30.3. The molecule has 176 valence electrons. The first-order chi connectivity index (χ1) is 15.8. The molecule has 33 heavy (non-hydrogen) atoms. The van der Waals surface area contributed by atoms with Crippen LogP contribution in [0.3, 0.4) is 0 Å². The molecule has 1 aliphatic rings. The summed E-state index contributed by atoms with van der Waals surface area (Å²) in [5.74, 6) is 1.15. The zero-order valence-electron chi connectivity index (χ0n) is 18.3. The van der Waals surface area contributed by atoms with E-state index in [2.05, 4.69) is 29.4 Å². The van der Waals surface area contributed by atoms with E-state index < -0.39 is 24.7 Å². The van der Waals surface area contributed by atoms with Gasteiger partial charge in [0.2, 0.25) is 0 Å². The Morgan fingerprint density at radius 2 is 1.82 bits per heavy atom. The molecule has 0 amide bonds. The maximum Gasteiger partial charge on any atom is 0.316 e. The molecule has 1 atom stereocenters. The average Bonchev–Trinajstić information content (AvgIpc) is 3.26. The second-order valence-electron chi connectivity index (χ2n) is 7.86. The van der Waals surface area contributed by atoms with Gasteiger partial charge in [-0.15, -0.1) is 0 Å². The van der Waals surface area contributed by atoms with Gasteiger partial charge in [0.1, 0.15) is 18.0 Å². The highest BCUT2D eigenvalue weighted by molar-refractivity contribution is 14.2. The van der Waals surface area contributed by atoms with Gasteiger partial charge in [0.25, 0.3) is 0 Å². The summed E-state index contributed by atoms with van der Waals surface area (Å²) in [7, 11) is 1.85. The largest absolute Gasteiger partial charge is 0.383 e. The lowest BCUT2D eigenvalue weighted by Gasteiger charge is -2.40. The maximum atomic E-state index is 14.0. The predicted molar refractivity (Wildman–Crippen MR) is 136 cm³/mol. The van der Waals surface area contributed by atoms with Crippen molar-refractivity contribution in [2.75, 3.05) is 43.4 Å². The van der Waals surface area contributed by atoms with E-state index in [1.165, 1.54) is 18.5 Å². The van der Waals surface area contributed by atoms with Crippen molar-refractivity contribution in [1.82, 2.24) is 24.6 Å². The minimum atomic E-state index is -2.81. The number of aromatic nitrogens is 4. The van der Waals surface area contributed by atoms with Gasteiger partial charge in [-0.25, -0.2) is 9.97 Å². The molecule has 1 saturated heterocycles. The number of hydrogen-bond donors (Lipinski definition) is 2. The lowest BCUT2D eigenvalue weighted by atomic mass is 10.0. The number of nitrogens with two attached hydrogens (primary N) is 2. The van der Waals surface area contributed by atoms with Crippen molar-refractivity contribution in [2.45, 2.75) is 9.97 Å². The van der Waals surface area contributed by atoms with Crippen LogP contribution in [-0.4, -0.2) is 61.9 Å². The van der Waals surface area contributed by atoms with E-state index in [4.69, 9.17) is 11.5 Å². The molecular formula is C22H27F2IN8. The Kier molecular flexibility index (Phi) is 7.00. The Bertz CT molecular complexity index is 1110. The summed E-state index contributed by atoms with van der Waals surface area (Å²) in [5.41, 5.74) is 14.7. The Labute approximate surface area is 201 Å². The molecule has 1 aromatic carbocycles. The van der Waals surface area contributed by atoms with Crippen LogP contribution in [0, 0.1) is 0 Å². The van der Waals surface area contributed by atoms with Gasteiger partial charge in [-0.1, -0.05) is 28.8 Å². The highest BCUT2D eigenvalue weighted by atomic mass is 127. The van der Waals surface area contributed by atoms with Gasteiger partial charge in [0.05, 0.1) is 11.3 Å². The summed E-state index contributed by atoms with van der Waals surface area (Å²) in [4.78, 5) is 13.1. The van der Waals surface area contributed by atoms with Crippen LogP contribution in [-0.2, 0) is 11.0 Å². The molecule has 0 saturated carbocycles. The molecule has 11 heteroatoms. The quantitative estimate of drug-likeness (QED) is 0.334. The lowest BCUT2D eigenvalue weighted by Crippen LogP contribution is -2.49. The molecule has 1 fully saturated rings.